The van der Waals surface area contributed by atoms with E-state index in [4.69, 9.17) is 9.88 Å². The minimum Gasteiger partial charge on any atom is -0.373 e. The highest BCUT2D eigenvalue weighted by Crippen LogP contribution is 2.43. The maximum absolute atomic E-state index is 14.4. The van der Waals surface area contributed by atoms with E-state index in [0.29, 0.717) is 12.0 Å². The van der Waals surface area contributed by atoms with Crippen LogP contribution in [0, 0.1) is 11.7 Å². The number of carbonyl (C=O) groups is 1. The average molecular weight is 327 g/mol. The van der Waals surface area contributed by atoms with Gasteiger partial charge in [-0.25, -0.2) is 8.60 Å². The number of benzene rings is 1. The molecule has 0 bridgehead atoms. The predicted molar refractivity (Wildman–Crippen MR) is 84.1 cm³/mol. The average Bonchev–Trinajstić information content (AvgIpc) is 2.85. The van der Waals surface area contributed by atoms with Crippen molar-refractivity contribution >= 4 is 16.8 Å². The molecule has 1 unspecified atom stereocenters. The summed E-state index contributed by atoms with van der Waals surface area (Å²) in [5.74, 6) is -0.889. The number of carbonyl (C=O) groups excluding carboxylic acids is 1. The van der Waals surface area contributed by atoms with Crippen LogP contribution in [0.4, 0.5) is 4.39 Å². The van der Waals surface area contributed by atoms with Crippen molar-refractivity contribution in [3.63, 3.8) is 0 Å². The molecule has 1 aliphatic heterocycles. The summed E-state index contributed by atoms with van der Waals surface area (Å²) in [7, 11) is -1.59. The molecule has 1 fully saturated rings. The van der Waals surface area contributed by atoms with E-state index in [1.165, 1.54) is 6.07 Å². The zero-order valence-electron chi connectivity index (χ0n) is 13.1. The normalized spacial score (nSPS) is 23.3. The van der Waals surface area contributed by atoms with Gasteiger partial charge in [-0.2, -0.15) is 0 Å². The maximum Gasteiger partial charge on any atom is 0.164 e. The first-order valence-electron chi connectivity index (χ1n) is 7.20. The van der Waals surface area contributed by atoms with E-state index in [-0.39, 0.29) is 24.8 Å². The second kappa shape index (κ2) is 6.18. The van der Waals surface area contributed by atoms with E-state index in [2.05, 4.69) is 0 Å². The van der Waals surface area contributed by atoms with Gasteiger partial charge in [-0.15, -0.1) is 0 Å². The molecule has 0 radical (unpaired) electrons. The molecule has 1 aromatic carbocycles. The van der Waals surface area contributed by atoms with Crippen LogP contribution in [-0.2, 0) is 25.9 Å². The monoisotopic (exact) mass is 327 g/mol. The highest BCUT2D eigenvalue weighted by atomic mass is 32.2. The molecule has 4 nitrogen and oxygen atoms in total. The number of hydrogen-bond donors (Lipinski definition) is 1. The number of ketones is 1. The molecule has 0 amide bonds. The largest absolute Gasteiger partial charge is 0.373 e. The summed E-state index contributed by atoms with van der Waals surface area (Å²) in [4.78, 5) is 12.2. The molecule has 0 saturated carbocycles. The lowest BCUT2D eigenvalue weighted by Crippen LogP contribution is -2.46. The van der Waals surface area contributed by atoms with Crippen LogP contribution in [0.15, 0.2) is 24.3 Å². The lowest BCUT2D eigenvalue weighted by Gasteiger charge is -2.40. The van der Waals surface area contributed by atoms with Gasteiger partial charge in [-0.3, -0.25) is 9.93 Å². The molecule has 0 aliphatic carbocycles. The Morgan fingerprint density at radius 3 is 2.50 bits per heavy atom. The van der Waals surface area contributed by atoms with Crippen LogP contribution in [-0.4, -0.2) is 28.0 Å². The van der Waals surface area contributed by atoms with Crippen LogP contribution >= 0.6 is 0 Å². The van der Waals surface area contributed by atoms with Crippen LogP contribution in [0.3, 0.4) is 0 Å². The molecule has 122 valence electrons. The Kier molecular flexibility index (Phi) is 4.84. The first-order valence-corrected chi connectivity index (χ1v) is 8.41. The summed E-state index contributed by atoms with van der Waals surface area (Å²) in [5, 5.41) is 5.59. The molecular weight excluding hydrogens is 305 g/mol. The van der Waals surface area contributed by atoms with E-state index in [1.54, 1.807) is 32.0 Å². The zero-order chi connectivity index (χ0) is 16.5. The molecule has 6 heteroatoms. The molecule has 1 heterocycles. The van der Waals surface area contributed by atoms with Crippen molar-refractivity contribution in [3.8, 4) is 0 Å². The minimum absolute atomic E-state index is 0.0425. The summed E-state index contributed by atoms with van der Waals surface area (Å²) >= 11 is 0. The second-order valence-electron chi connectivity index (χ2n) is 6.67. The van der Waals surface area contributed by atoms with Gasteiger partial charge in [0.05, 0.1) is 28.3 Å². The molecule has 2 N–H and O–H groups in total. The van der Waals surface area contributed by atoms with Gasteiger partial charge in [-0.05, 0) is 31.9 Å². The topological polar surface area (TPSA) is 69.4 Å². The summed E-state index contributed by atoms with van der Waals surface area (Å²) in [6.45, 7) is 5.65. The van der Waals surface area contributed by atoms with Gasteiger partial charge in [0.15, 0.2) is 5.78 Å². The number of rotatable bonds is 5. The van der Waals surface area contributed by atoms with Gasteiger partial charge in [0.1, 0.15) is 12.4 Å². The van der Waals surface area contributed by atoms with Gasteiger partial charge in [0.25, 0.3) is 0 Å². The molecule has 0 aromatic heterocycles. The number of hydrogen-bond acceptors (Lipinski definition) is 3. The van der Waals surface area contributed by atoms with Crippen LogP contribution in [0.25, 0.3) is 0 Å². The van der Waals surface area contributed by atoms with Gasteiger partial charge in [0.2, 0.25) is 0 Å². The Labute approximate surface area is 132 Å². The fraction of sp³-hybridized carbons (Fsp3) is 0.562. The fourth-order valence-electron chi connectivity index (χ4n) is 3.30. The van der Waals surface area contributed by atoms with Crippen molar-refractivity contribution in [1.29, 1.82) is 0 Å². The Bertz CT molecular complexity index is 605. The molecule has 1 saturated heterocycles. The molecule has 0 spiro atoms. The Balaban J connectivity index is 2.52. The Morgan fingerprint density at radius 1 is 1.36 bits per heavy atom. The number of Topliss-reactive ketones (excluding diaryl/α,β-unsaturated/α-hetero) is 1. The Hall–Kier alpha value is -1.11. The predicted octanol–water partition coefficient (Wildman–Crippen LogP) is 2.09. The fourth-order valence-corrected chi connectivity index (χ4v) is 3.74. The lowest BCUT2D eigenvalue weighted by atomic mass is 9.66. The van der Waals surface area contributed by atoms with Crippen LogP contribution in [0.1, 0.15) is 32.8 Å². The van der Waals surface area contributed by atoms with Gasteiger partial charge in [0, 0.05) is 5.41 Å². The van der Waals surface area contributed by atoms with E-state index < -0.39 is 27.1 Å². The summed E-state index contributed by atoms with van der Waals surface area (Å²) in [5.41, 5.74) is -0.380. The third-order valence-corrected chi connectivity index (χ3v) is 5.75. The third-order valence-electron chi connectivity index (χ3n) is 4.51. The maximum atomic E-state index is 14.4. The molecular formula is C16H22FNO3S. The summed E-state index contributed by atoms with van der Waals surface area (Å²) in [6.07, 6.45) is 0.323. The van der Waals surface area contributed by atoms with Crippen molar-refractivity contribution < 1.29 is 18.1 Å². The number of nitrogens with two attached hydrogens (primary N) is 1. The highest BCUT2D eigenvalue weighted by Gasteiger charge is 2.48. The molecule has 1 aromatic rings. The standard InChI is InChI=1S/C16H22FNO3S/c1-15(2,22(18)20)10-16(3,12-8-21-9-14(12)19)11-6-4-5-7-13(11)17/h4-7,12H,8-10,18H2,1-3H3/t12-,16+,22?/m0/s1. The summed E-state index contributed by atoms with van der Waals surface area (Å²) in [6, 6.07) is 6.40. The smallest absolute Gasteiger partial charge is 0.164 e. The van der Waals surface area contributed by atoms with E-state index >= 15 is 0 Å². The van der Waals surface area contributed by atoms with Gasteiger partial charge < -0.3 is 4.74 Å². The third kappa shape index (κ3) is 3.14. The summed E-state index contributed by atoms with van der Waals surface area (Å²) < 4.78 is 30.7. The molecule has 22 heavy (non-hydrogen) atoms. The zero-order valence-corrected chi connectivity index (χ0v) is 13.9. The Morgan fingerprint density at radius 2 is 2.00 bits per heavy atom. The lowest BCUT2D eigenvalue weighted by molar-refractivity contribution is -0.122. The number of halogens is 1. The van der Waals surface area contributed by atoms with Crippen molar-refractivity contribution in [2.45, 2.75) is 37.4 Å². The van der Waals surface area contributed by atoms with Crippen molar-refractivity contribution in [3.05, 3.63) is 35.6 Å². The molecule has 2 rings (SSSR count). The minimum atomic E-state index is -1.59. The van der Waals surface area contributed by atoms with Crippen molar-refractivity contribution in [2.75, 3.05) is 13.2 Å². The van der Waals surface area contributed by atoms with Crippen molar-refractivity contribution in [1.82, 2.24) is 0 Å². The molecule has 3 atom stereocenters. The quantitative estimate of drug-likeness (QED) is 0.900. The van der Waals surface area contributed by atoms with Crippen LogP contribution in [0.2, 0.25) is 0 Å². The van der Waals surface area contributed by atoms with E-state index in [0.717, 1.165) is 0 Å². The van der Waals surface area contributed by atoms with E-state index in [1.807, 2.05) is 6.92 Å². The van der Waals surface area contributed by atoms with Crippen molar-refractivity contribution in [2.24, 2.45) is 11.1 Å². The first-order chi connectivity index (χ1) is 10.2. The van der Waals surface area contributed by atoms with E-state index in [9.17, 15) is 13.4 Å². The number of ether oxygens (including phenoxy) is 1. The SMILES string of the molecule is CC(C)(C[C@](C)(c1ccccc1F)[C@H]1COCC1=O)S(N)=O. The second-order valence-corrected chi connectivity index (χ2v) is 8.37. The first kappa shape index (κ1) is 17.2. The highest BCUT2D eigenvalue weighted by molar-refractivity contribution is 7.84. The van der Waals surface area contributed by atoms with Crippen LogP contribution < -0.4 is 5.14 Å². The molecule has 1 aliphatic rings. The van der Waals surface area contributed by atoms with Crippen LogP contribution in [0.5, 0.6) is 0 Å². The van der Waals surface area contributed by atoms with Gasteiger partial charge in [-0.1, -0.05) is 25.1 Å². The van der Waals surface area contributed by atoms with Gasteiger partial charge >= 0.3 is 0 Å².